The molecule has 0 radical (unpaired) electrons. The standard InChI is InChI=1S/C28H22BrFN4O3S/c1-18-31-32-28(34(18)23-12-10-22(30)11-13-23)38-27(16-33(35)36)20-9-14-26(25(29)15-20)37-17-21-7-4-6-19-5-2-3-8-24(19)21/h2-15,27H,16-17H2,1H3/t27-/m0/s1. The molecule has 0 saturated carbocycles. The molecule has 1 atom stereocenters. The minimum absolute atomic E-state index is 0.317. The average Bonchev–Trinajstić information content (AvgIpc) is 3.27. The van der Waals surface area contributed by atoms with Gasteiger partial charge < -0.3 is 4.74 Å². The zero-order chi connectivity index (χ0) is 26.6. The van der Waals surface area contributed by atoms with Crippen molar-refractivity contribution in [1.29, 1.82) is 0 Å². The zero-order valence-corrected chi connectivity index (χ0v) is 22.7. The molecule has 0 aliphatic rings. The first-order valence-electron chi connectivity index (χ1n) is 11.7. The van der Waals surface area contributed by atoms with Crippen LogP contribution in [-0.4, -0.2) is 26.2 Å². The smallest absolute Gasteiger partial charge is 0.220 e. The van der Waals surface area contributed by atoms with Gasteiger partial charge in [-0.3, -0.25) is 14.7 Å². The van der Waals surface area contributed by atoms with Crippen molar-refractivity contribution in [1.82, 2.24) is 14.8 Å². The summed E-state index contributed by atoms with van der Waals surface area (Å²) in [6.45, 7) is 1.84. The lowest BCUT2D eigenvalue weighted by Gasteiger charge is -2.16. The van der Waals surface area contributed by atoms with Gasteiger partial charge in [-0.25, -0.2) is 4.39 Å². The van der Waals surface area contributed by atoms with Gasteiger partial charge in [0.15, 0.2) is 5.16 Å². The summed E-state index contributed by atoms with van der Waals surface area (Å²) < 4.78 is 22.0. The van der Waals surface area contributed by atoms with Crippen molar-refractivity contribution in [3.8, 4) is 11.4 Å². The van der Waals surface area contributed by atoms with Crippen LogP contribution in [0.3, 0.4) is 0 Å². The number of nitro groups is 1. The predicted molar refractivity (Wildman–Crippen MR) is 149 cm³/mol. The summed E-state index contributed by atoms with van der Waals surface area (Å²) in [4.78, 5) is 11.2. The molecule has 1 aromatic heterocycles. The molecule has 5 rings (SSSR count). The minimum atomic E-state index is -0.545. The van der Waals surface area contributed by atoms with E-state index in [0.29, 0.717) is 33.5 Å². The van der Waals surface area contributed by atoms with Crippen molar-refractivity contribution >= 4 is 38.5 Å². The van der Waals surface area contributed by atoms with E-state index < -0.39 is 5.25 Å². The van der Waals surface area contributed by atoms with Crippen LogP contribution in [-0.2, 0) is 6.61 Å². The largest absolute Gasteiger partial charge is 0.488 e. The SMILES string of the molecule is Cc1nnc(S[C@@H](C[N+](=O)[O-])c2ccc(OCc3cccc4ccccc34)c(Br)c2)n1-c1ccc(F)cc1. The van der Waals surface area contributed by atoms with Gasteiger partial charge in [-0.05, 0) is 81.2 Å². The van der Waals surface area contributed by atoms with Gasteiger partial charge in [0.2, 0.25) is 6.54 Å². The first-order valence-corrected chi connectivity index (χ1v) is 13.4. The molecule has 7 nitrogen and oxygen atoms in total. The summed E-state index contributed by atoms with van der Waals surface area (Å²) in [7, 11) is 0. The van der Waals surface area contributed by atoms with Crippen LogP contribution in [0.2, 0.25) is 0 Å². The van der Waals surface area contributed by atoms with E-state index in [4.69, 9.17) is 4.74 Å². The van der Waals surface area contributed by atoms with Crippen molar-refractivity contribution in [2.45, 2.75) is 23.9 Å². The van der Waals surface area contributed by atoms with Crippen LogP contribution in [0, 0.1) is 22.9 Å². The van der Waals surface area contributed by atoms with Crippen molar-refractivity contribution in [3.63, 3.8) is 0 Å². The molecule has 38 heavy (non-hydrogen) atoms. The Morgan fingerprint density at radius 3 is 2.58 bits per heavy atom. The first-order chi connectivity index (χ1) is 18.4. The highest BCUT2D eigenvalue weighted by Gasteiger charge is 2.24. The van der Waals surface area contributed by atoms with Crippen LogP contribution in [0.25, 0.3) is 16.5 Å². The Balaban J connectivity index is 1.38. The van der Waals surface area contributed by atoms with Crippen molar-refractivity contribution in [2.75, 3.05) is 6.54 Å². The molecule has 4 aromatic carbocycles. The van der Waals surface area contributed by atoms with Crippen molar-refractivity contribution < 1.29 is 14.1 Å². The van der Waals surface area contributed by atoms with Crippen LogP contribution >= 0.6 is 27.7 Å². The fourth-order valence-corrected chi connectivity index (χ4v) is 5.86. The Kier molecular flexibility index (Phi) is 7.71. The third-order valence-corrected chi connectivity index (χ3v) is 7.83. The Morgan fingerprint density at radius 2 is 1.82 bits per heavy atom. The van der Waals surface area contributed by atoms with Gasteiger partial charge in [-0.2, -0.15) is 0 Å². The molecule has 5 aromatic rings. The first kappa shape index (κ1) is 25.9. The molecule has 192 valence electrons. The van der Waals surface area contributed by atoms with E-state index in [9.17, 15) is 14.5 Å². The van der Waals surface area contributed by atoms with Gasteiger partial charge in [0.1, 0.15) is 29.2 Å². The maximum absolute atomic E-state index is 13.5. The highest BCUT2D eigenvalue weighted by Crippen LogP contribution is 2.39. The molecule has 1 heterocycles. The number of aromatic nitrogens is 3. The fourth-order valence-electron chi connectivity index (χ4n) is 4.19. The zero-order valence-electron chi connectivity index (χ0n) is 20.3. The number of fused-ring (bicyclic) bond motifs is 1. The lowest BCUT2D eigenvalue weighted by Crippen LogP contribution is -2.11. The second-order valence-corrected chi connectivity index (χ2v) is 10.6. The number of ether oxygens (including phenoxy) is 1. The number of nitrogens with zero attached hydrogens (tertiary/aromatic N) is 4. The quantitative estimate of drug-likeness (QED) is 0.101. The van der Waals surface area contributed by atoms with E-state index in [-0.39, 0.29) is 17.3 Å². The molecule has 0 unspecified atom stereocenters. The maximum Gasteiger partial charge on any atom is 0.220 e. The summed E-state index contributed by atoms with van der Waals surface area (Å²) in [5.41, 5.74) is 2.48. The van der Waals surface area contributed by atoms with E-state index in [0.717, 1.165) is 21.9 Å². The lowest BCUT2D eigenvalue weighted by molar-refractivity contribution is -0.479. The Hall–Kier alpha value is -3.76. The van der Waals surface area contributed by atoms with E-state index in [1.807, 2.05) is 42.5 Å². The Labute approximate surface area is 230 Å². The fraction of sp³-hybridized carbons (Fsp3) is 0.143. The number of thioether (sulfide) groups is 1. The molecule has 0 bridgehead atoms. The van der Waals surface area contributed by atoms with Crippen LogP contribution in [0.5, 0.6) is 5.75 Å². The van der Waals surface area contributed by atoms with Gasteiger partial charge in [-0.15, -0.1) is 10.2 Å². The van der Waals surface area contributed by atoms with E-state index >= 15 is 0 Å². The summed E-state index contributed by atoms with van der Waals surface area (Å²) in [6.07, 6.45) is 0. The molecule has 0 fully saturated rings. The van der Waals surface area contributed by atoms with Gasteiger partial charge in [-0.1, -0.05) is 60.3 Å². The number of halogens is 2. The number of benzene rings is 4. The number of aryl methyl sites for hydroxylation is 1. The molecule has 0 aliphatic heterocycles. The summed E-state index contributed by atoms with van der Waals surface area (Å²) in [5.74, 6) is 0.877. The molecule has 0 amide bonds. The highest BCUT2D eigenvalue weighted by molar-refractivity contribution is 9.10. The number of hydrogen-bond donors (Lipinski definition) is 0. The monoisotopic (exact) mass is 592 g/mol. The van der Waals surface area contributed by atoms with Crippen LogP contribution in [0.1, 0.15) is 22.2 Å². The molecular weight excluding hydrogens is 571 g/mol. The molecule has 0 spiro atoms. The number of hydrogen-bond acceptors (Lipinski definition) is 6. The predicted octanol–water partition coefficient (Wildman–Crippen LogP) is 7.32. The third-order valence-electron chi connectivity index (χ3n) is 6.03. The Morgan fingerprint density at radius 1 is 1.05 bits per heavy atom. The van der Waals surface area contributed by atoms with E-state index in [2.05, 4.69) is 44.3 Å². The van der Waals surface area contributed by atoms with Crippen LogP contribution < -0.4 is 4.74 Å². The third kappa shape index (κ3) is 5.71. The summed E-state index contributed by atoms with van der Waals surface area (Å²) in [5, 5.41) is 22.2. The van der Waals surface area contributed by atoms with Gasteiger partial charge in [0.25, 0.3) is 0 Å². The van der Waals surface area contributed by atoms with E-state index in [1.54, 1.807) is 23.6 Å². The van der Waals surface area contributed by atoms with Gasteiger partial charge in [0.05, 0.1) is 4.47 Å². The normalized spacial score (nSPS) is 12.0. The van der Waals surface area contributed by atoms with E-state index in [1.165, 1.54) is 23.9 Å². The minimum Gasteiger partial charge on any atom is -0.488 e. The van der Waals surface area contributed by atoms with Crippen molar-refractivity contribution in [3.05, 3.63) is 122 Å². The molecule has 10 heteroatoms. The van der Waals surface area contributed by atoms with Crippen molar-refractivity contribution in [2.24, 2.45) is 0 Å². The highest BCUT2D eigenvalue weighted by atomic mass is 79.9. The summed E-state index contributed by atoms with van der Waals surface area (Å²) in [6, 6.07) is 25.7. The van der Waals surface area contributed by atoms with Crippen LogP contribution in [0.4, 0.5) is 4.39 Å². The molecule has 0 saturated heterocycles. The maximum atomic E-state index is 13.5. The molecular formula is C28H22BrFN4O3S. The second-order valence-electron chi connectivity index (χ2n) is 8.58. The summed E-state index contributed by atoms with van der Waals surface area (Å²) >= 11 is 4.81. The molecule has 0 N–H and O–H groups in total. The van der Waals surface area contributed by atoms with Gasteiger partial charge in [0, 0.05) is 10.6 Å². The number of rotatable bonds is 9. The topological polar surface area (TPSA) is 83.1 Å². The average molecular weight is 593 g/mol. The Bertz CT molecular complexity index is 1600. The van der Waals surface area contributed by atoms with Crippen LogP contribution in [0.15, 0.2) is 94.6 Å². The van der Waals surface area contributed by atoms with Gasteiger partial charge >= 0.3 is 0 Å². The second kappa shape index (κ2) is 11.3. The lowest BCUT2D eigenvalue weighted by atomic mass is 10.1. The molecule has 0 aliphatic carbocycles.